The maximum absolute atomic E-state index is 6.14. The predicted octanol–water partition coefficient (Wildman–Crippen LogP) is 3.17. The second-order valence-corrected chi connectivity index (χ2v) is 5.01. The molecule has 0 radical (unpaired) electrons. The van der Waals surface area contributed by atoms with Gasteiger partial charge >= 0.3 is 0 Å². The molecule has 4 heteroatoms. The molecule has 1 aromatic heterocycles. The summed E-state index contributed by atoms with van der Waals surface area (Å²) in [5.74, 6) is 2.26. The lowest BCUT2D eigenvalue weighted by atomic mass is 9.85. The van der Waals surface area contributed by atoms with E-state index in [1.54, 1.807) is 6.33 Å². The first-order valence-corrected chi connectivity index (χ1v) is 6.92. The van der Waals surface area contributed by atoms with Gasteiger partial charge in [0.15, 0.2) is 0 Å². The molecule has 1 aliphatic rings. The zero-order valence-corrected chi connectivity index (χ0v) is 11.6. The Morgan fingerprint density at radius 3 is 2.83 bits per heavy atom. The van der Waals surface area contributed by atoms with E-state index >= 15 is 0 Å². The molecule has 1 aromatic rings. The highest BCUT2D eigenvalue weighted by Crippen LogP contribution is 2.31. The molecule has 1 saturated carbocycles. The highest BCUT2D eigenvalue weighted by molar-refractivity contribution is 5.46. The standard InChI is InChI=1S/C14H23N3O/c1-4-11-7-5-6-8-12(11)18-14-10(2)13(15-3)16-9-17-14/h9,11-12H,4-8H2,1-3H3,(H,15,16,17). The Hall–Kier alpha value is -1.32. The maximum atomic E-state index is 6.14. The van der Waals surface area contributed by atoms with Crippen LogP contribution in [0.4, 0.5) is 5.82 Å². The fraction of sp³-hybridized carbons (Fsp3) is 0.714. The predicted molar refractivity (Wildman–Crippen MR) is 73.0 cm³/mol. The Bertz CT molecular complexity index is 395. The van der Waals surface area contributed by atoms with Crippen molar-refractivity contribution in [2.24, 2.45) is 5.92 Å². The molecule has 1 N–H and O–H groups in total. The molecule has 0 aliphatic heterocycles. The summed E-state index contributed by atoms with van der Waals surface area (Å²) in [5.41, 5.74) is 1.00. The van der Waals surface area contributed by atoms with E-state index in [1.807, 2.05) is 14.0 Å². The summed E-state index contributed by atoms with van der Waals surface area (Å²) in [6.45, 7) is 4.25. The molecule has 2 rings (SSSR count). The third-order valence-corrected chi connectivity index (χ3v) is 3.90. The largest absolute Gasteiger partial charge is 0.474 e. The molecule has 2 unspecified atom stereocenters. The number of ether oxygens (including phenoxy) is 1. The van der Waals surface area contributed by atoms with E-state index in [1.165, 1.54) is 25.7 Å². The van der Waals surface area contributed by atoms with Crippen molar-refractivity contribution in [3.63, 3.8) is 0 Å². The Kier molecular flexibility index (Phi) is 4.39. The molecule has 0 saturated heterocycles. The van der Waals surface area contributed by atoms with Crippen molar-refractivity contribution in [2.45, 2.75) is 52.1 Å². The Morgan fingerprint density at radius 1 is 1.33 bits per heavy atom. The summed E-state index contributed by atoms with van der Waals surface area (Å²) in [6, 6.07) is 0. The lowest BCUT2D eigenvalue weighted by Crippen LogP contribution is -2.30. The molecular weight excluding hydrogens is 226 g/mol. The van der Waals surface area contributed by atoms with E-state index in [9.17, 15) is 0 Å². The SMILES string of the molecule is CCC1CCCCC1Oc1ncnc(NC)c1C. The van der Waals surface area contributed by atoms with E-state index in [0.717, 1.165) is 23.7 Å². The van der Waals surface area contributed by atoms with Crippen molar-refractivity contribution in [1.82, 2.24) is 9.97 Å². The van der Waals surface area contributed by atoms with Crippen LogP contribution in [0.15, 0.2) is 6.33 Å². The number of aromatic nitrogens is 2. The number of hydrogen-bond acceptors (Lipinski definition) is 4. The van der Waals surface area contributed by atoms with E-state index in [2.05, 4.69) is 22.2 Å². The molecule has 100 valence electrons. The maximum Gasteiger partial charge on any atom is 0.221 e. The van der Waals surface area contributed by atoms with Gasteiger partial charge in [0.25, 0.3) is 0 Å². The minimum Gasteiger partial charge on any atom is -0.474 e. The van der Waals surface area contributed by atoms with Gasteiger partial charge in [0.1, 0.15) is 18.2 Å². The van der Waals surface area contributed by atoms with Crippen molar-refractivity contribution in [2.75, 3.05) is 12.4 Å². The van der Waals surface area contributed by atoms with Gasteiger partial charge in [-0.05, 0) is 38.5 Å². The second kappa shape index (κ2) is 6.03. The molecular formula is C14H23N3O. The third-order valence-electron chi connectivity index (χ3n) is 3.90. The summed E-state index contributed by atoms with van der Waals surface area (Å²) in [4.78, 5) is 8.46. The van der Waals surface area contributed by atoms with E-state index in [4.69, 9.17) is 4.74 Å². The number of rotatable bonds is 4. The van der Waals surface area contributed by atoms with Gasteiger partial charge in [-0.2, -0.15) is 0 Å². The quantitative estimate of drug-likeness (QED) is 0.890. The molecule has 2 atom stereocenters. The van der Waals surface area contributed by atoms with Gasteiger partial charge in [-0.25, -0.2) is 9.97 Å². The van der Waals surface area contributed by atoms with Crippen molar-refractivity contribution >= 4 is 5.82 Å². The molecule has 0 spiro atoms. The zero-order valence-electron chi connectivity index (χ0n) is 11.6. The van der Waals surface area contributed by atoms with Gasteiger partial charge < -0.3 is 10.1 Å². The lowest BCUT2D eigenvalue weighted by Gasteiger charge is -2.31. The number of nitrogens with one attached hydrogen (secondary N) is 1. The monoisotopic (exact) mass is 249 g/mol. The number of anilines is 1. The minimum atomic E-state index is 0.321. The van der Waals surface area contributed by atoms with Crippen LogP contribution in [0, 0.1) is 12.8 Å². The van der Waals surface area contributed by atoms with Crippen molar-refractivity contribution in [3.05, 3.63) is 11.9 Å². The van der Waals surface area contributed by atoms with Crippen LogP contribution in [0.2, 0.25) is 0 Å². The number of hydrogen-bond donors (Lipinski definition) is 1. The normalized spacial score (nSPS) is 23.7. The van der Waals surface area contributed by atoms with Crippen LogP contribution in [0.1, 0.15) is 44.6 Å². The molecule has 0 aromatic carbocycles. The van der Waals surface area contributed by atoms with Gasteiger partial charge in [-0.1, -0.05) is 13.3 Å². The van der Waals surface area contributed by atoms with Gasteiger partial charge in [0.05, 0.1) is 5.56 Å². The van der Waals surface area contributed by atoms with Crippen LogP contribution in [0.25, 0.3) is 0 Å². The molecule has 1 aliphatic carbocycles. The fourth-order valence-corrected chi connectivity index (χ4v) is 2.74. The van der Waals surface area contributed by atoms with Crippen molar-refractivity contribution in [1.29, 1.82) is 0 Å². The first-order chi connectivity index (χ1) is 8.76. The summed E-state index contributed by atoms with van der Waals surface area (Å²) in [5, 5.41) is 3.07. The topological polar surface area (TPSA) is 47.0 Å². The molecule has 0 bridgehead atoms. The Balaban J connectivity index is 2.12. The van der Waals surface area contributed by atoms with Crippen LogP contribution in [-0.4, -0.2) is 23.1 Å². The van der Waals surface area contributed by atoms with Gasteiger partial charge in [-0.3, -0.25) is 0 Å². The molecule has 4 nitrogen and oxygen atoms in total. The molecule has 18 heavy (non-hydrogen) atoms. The molecule has 1 heterocycles. The van der Waals surface area contributed by atoms with Crippen LogP contribution in [-0.2, 0) is 0 Å². The van der Waals surface area contributed by atoms with Crippen LogP contribution < -0.4 is 10.1 Å². The van der Waals surface area contributed by atoms with Crippen LogP contribution in [0.3, 0.4) is 0 Å². The first-order valence-electron chi connectivity index (χ1n) is 6.92. The average Bonchev–Trinajstić information content (AvgIpc) is 2.42. The average molecular weight is 249 g/mol. The highest BCUT2D eigenvalue weighted by atomic mass is 16.5. The van der Waals surface area contributed by atoms with E-state index < -0.39 is 0 Å². The van der Waals surface area contributed by atoms with Gasteiger partial charge in [-0.15, -0.1) is 0 Å². The molecule has 1 fully saturated rings. The minimum absolute atomic E-state index is 0.321. The smallest absolute Gasteiger partial charge is 0.221 e. The fourth-order valence-electron chi connectivity index (χ4n) is 2.74. The summed E-state index contributed by atoms with van der Waals surface area (Å²) in [6.07, 6.45) is 8.11. The van der Waals surface area contributed by atoms with E-state index in [-0.39, 0.29) is 0 Å². The lowest BCUT2D eigenvalue weighted by molar-refractivity contribution is 0.0850. The van der Waals surface area contributed by atoms with Crippen LogP contribution in [0.5, 0.6) is 5.88 Å². The van der Waals surface area contributed by atoms with Gasteiger partial charge in [0.2, 0.25) is 5.88 Å². The Morgan fingerprint density at radius 2 is 2.11 bits per heavy atom. The van der Waals surface area contributed by atoms with Gasteiger partial charge in [0, 0.05) is 7.05 Å². The first kappa shape index (κ1) is 13.1. The van der Waals surface area contributed by atoms with Crippen molar-refractivity contribution < 1.29 is 4.74 Å². The van der Waals surface area contributed by atoms with Crippen molar-refractivity contribution in [3.8, 4) is 5.88 Å². The van der Waals surface area contributed by atoms with Crippen LogP contribution >= 0.6 is 0 Å². The van der Waals surface area contributed by atoms with E-state index in [0.29, 0.717) is 12.0 Å². The highest BCUT2D eigenvalue weighted by Gasteiger charge is 2.26. The second-order valence-electron chi connectivity index (χ2n) is 5.01. The summed E-state index contributed by atoms with van der Waals surface area (Å²) in [7, 11) is 1.87. The Labute approximate surface area is 109 Å². The summed E-state index contributed by atoms with van der Waals surface area (Å²) < 4.78 is 6.14. The zero-order chi connectivity index (χ0) is 13.0. The molecule has 0 amide bonds. The number of nitrogens with zero attached hydrogens (tertiary/aromatic N) is 2. The summed E-state index contributed by atoms with van der Waals surface area (Å²) >= 11 is 0. The third kappa shape index (κ3) is 2.74.